The molecule has 0 radical (unpaired) electrons. The molecule has 8 heteroatoms. The molecule has 4 aromatic rings. The van der Waals surface area contributed by atoms with Crippen molar-refractivity contribution < 1.29 is 9.47 Å². The van der Waals surface area contributed by atoms with Crippen LogP contribution in [0, 0.1) is 0 Å². The van der Waals surface area contributed by atoms with Gasteiger partial charge in [0.05, 0.1) is 22.9 Å². The average Bonchev–Trinajstić information content (AvgIpc) is 3.51. The summed E-state index contributed by atoms with van der Waals surface area (Å²) in [6.07, 6.45) is 6.24. The van der Waals surface area contributed by atoms with Crippen molar-refractivity contribution in [2.24, 2.45) is 0 Å². The van der Waals surface area contributed by atoms with Crippen LogP contribution in [0.2, 0.25) is 0 Å². The van der Waals surface area contributed by atoms with Gasteiger partial charge in [-0.1, -0.05) is 24.3 Å². The molecule has 1 saturated heterocycles. The fraction of sp³-hybridized carbons (Fsp3) is 0.400. The largest absolute Gasteiger partial charge is 0.494 e. The summed E-state index contributed by atoms with van der Waals surface area (Å²) in [5, 5.41) is 5.13. The maximum atomic E-state index is 6.72. The predicted molar refractivity (Wildman–Crippen MR) is 130 cm³/mol. The number of hydrogen-bond donors (Lipinski definition) is 0. The van der Waals surface area contributed by atoms with E-state index in [1.807, 2.05) is 22.9 Å². The van der Waals surface area contributed by atoms with E-state index in [0.29, 0.717) is 6.61 Å². The summed E-state index contributed by atoms with van der Waals surface area (Å²) < 4.78 is 15.8. The van der Waals surface area contributed by atoms with Gasteiger partial charge in [-0.3, -0.25) is 4.68 Å². The summed E-state index contributed by atoms with van der Waals surface area (Å²) in [5.74, 6) is 0.851. The third kappa shape index (κ3) is 5.58. The zero-order chi connectivity index (χ0) is 22.5. The Morgan fingerprint density at radius 3 is 2.82 bits per heavy atom. The van der Waals surface area contributed by atoms with Crippen LogP contribution in [0.5, 0.6) is 5.75 Å². The van der Waals surface area contributed by atoms with Crippen molar-refractivity contribution in [3.05, 3.63) is 71.8 Å². The molecule has 1 aliphatic rings. The second-order valence-electron chi connectivity index (χ2n) is 8.47. The topological polar surface area (TPSA) is 65.3 Å². The average molecular weight is 464 g/mol. The van der Waals surface area contributed by atoms with Crippen LogP contribution in [0.3, 0.4) is 0 Å². The van der Waals surface area contributed by atoms with Crippen molar-refractivity contribution in [2.45, 2.75) is 38.0 Å². The number of ether oxygens (including phenoxy) is 2. The van der Waals surface area contributed by atoms with Crippen molar-refractivity contribution in [3.8, 4) is 5.75 Å². The first-order chi connectivity index (χ1) is 16.2. The molecule has 1 aliphatic heterocycles. The van der Waals surface area contributed by atoms with E-state index in [-0.39, 0.29) is 12.2 Å². The van der Waals surface area contributed by atoms with Gasteiger partial charge in [0.2, 0.25) is 0 Å². The van der Waals surface area contributed by atoms with Crippen molar-refractivity contribution >= 4 is 21.6 Å². The van der Waals surface area contributed by atoms with E-state index < -0.39 is 0 Å². The van der Waals surface area contributed by atoms with Gasteiger partial charge < -0.3 is 14.4 Å². The minimum atomic E-state index is -0.200. The van der Waals surface area contributed by atoms with Gasteiger partial charge in [-0.15, -0.1) is 11.3 Å². The Kier molecular flexibility index (Phi) is 6.95. The molecule has 5 rings (SSSR count). The highest BCUT2D eigenvalue weighted by Crippen LogP contribution is 2.36. The van der Waals surface area contributed by atoms with Gasteiger partial charge in [0.25, 0.3) is 0 Å². The van der Waals surface area contributed by atoms with Crippen molar-refractivity contribution in [3.63, 3.8) is 0 Å². The number of rotatable bonds is 9. The SMILES string of the molecule is CN1CCC(OC(c2cccc(OCCCn3cncn3)c2)c2nc3ccccc3s2)CC1. The summed E-state index contributed by atoms with van der Waals surface area (Å²) in [4.78, 5) is 11.3. The lowest BCUT2D eigenvalue weighted by Crippen LogP contribution is -2.35. The number of benzene rings is 2. The van der Waals surface area contributed by atoms with Crippen LogP contribution < -0.4 is 4.74 Å². The predicted octanol–water partition coefficient (Wildman–Crippen LogP) is 4.56. The number of nitrogens with zero attached hydrogens (tertiary/aromatic N) is 5. The summed E-state index contributed by atoms with van der Waals surface area (Å²) in [6.45, 7) is 3.52. The Balaban J connectivity index is 1.33. The summed E-state index contributed by atoms with van der Waals surface area (Å²) >= 11 is 1.71. The first kappa shape index (κ1) is 22.0. The number of aromatic nitrogens is 4. The Morgan fingerprint density at radius 1 is 1.12 bits per heavy atom. The molecule has 0 amide bonds. The molecule has 0 aliphatic carbocycles. The minimum absolute atomic E-state index is 0.200. The molecule has 2 aromatic carbocycles. The molecule has 3 heterocycles. The zero-order valence-electron chi connectivity index (χ0n) is 18.8. The van der Waals surface area contributed by atoms with Crippen LogP contribution in [0.1, 0.15) is 35.9 Å². The monoisotopic (exact) mass is 463 g/mol. The van der Waals surface area contributed by atoms with Crippen molar-refractivity contribution in [1.29, 1.82) is 0 Å². The van der Waals surface area contributed by atoms with Gasteiger partial charge in [-0.05, 0) is 49.7 Å². The van der Waals surface area contributed by atoms with E-state index >= 15 is 0 Å². The smallest absolute Gasteiger partial charge is 0.137 e. The lowest BCUT2D eigenvalue weighted by molar-refractivity contribution is -0.0235. The Labute approximate surface area is 198 Å². The van der Waals surface area contributed by atoms with Gasteiger partial charge in [0, 0.05) is 26.1 Å². The van der Waals surface area contributed by atoms with Crippen molar-refractivity contribution in [2.75, 3.05) is 26.7 Å². The van der Waals surface area contributed by atoms with Crippen LogP contribution in [-0.2, 0) is 11.3 Å². The second-order valence-corrected chi connectivity index (χ2v) is 9.53. The Morgan fingerprint density at radius 2 is 2.00 bits per heavy atom. The standard InChI is InChI=1S/C25H29N5O2S/c1-29-13-10-20(11-14-29)32-24(25-28-22-8-2-3-9-23(22)33-25)19-6-4-7-21(16-19)31-15-5-12-30-18-26-17-27-30/h2-4,6-9,16-18,20,24H,5,10-15H2,1H3. The molecule has 1 unspecified atom stereocenters. The zero-order valence-corrected chi connectivity index (χ0v) is 19.7. The highest BCUT2D eigenvalue weighted by Gasteiger charge is 2.26. The van der Waals surface area contributed by atoms with Gasteiger partial charge in [-0.2, -0.15) is 5.10 Å². The summed E-state index contributed by atoms with van der Waals surface area (Å²) in [5.41, 5.74) is 2.11. The van der Waals surface area contributed by atoms with E-state index in [4.69, 9.17) is 14.5 Å². The number of para-hydroxylation sites is 1. The number of likely N-dealkylation sites (tertiary alicyclic amines) is 1. The van der Waals surface area contributed by atoms with Crippen LogP contribution in [0.15, 0.2) is 61.2 Å². The molecule has 2 aromatic heterocycles. The maximum absolute atomic E-state index is 6.72. The van der Waals surface area contributed by atoms with Crippen LogP contribution in [0.25, 0.3) is 10.2 Å². The molecule has 0 bridgehead atoms. The highest BCUT2D eigenvalue weighted by molar-refractivity contribution is 7.18. The highest BCUT2D eigenvalue weighted by atomic mass is 32.1. The lowest BCUT2D eigenvalue weighted by atomic mass is 10.1. The molecule has 0 spiro atoms. The van der Waals surface area contributed by atoms with Gasteiger partial charge in [0.15, 0.2) is 0 Å². The lowest BCUT2D eigenvalue weighted by Gasteiger charge is -2.31. The number of piperidine rings is 1. The number of hydrogen-bond acceptors (Lipinski definition) is 7. The van der Waals surface area contributed by atoms with E-state index in [1.165, 1.54) is 4.70 Å². The summed E-state index contributed by atoms with van der Waals surface area (Å²) in [6, 6.07) is 16.5. The van der Waals surface area contributed by atoms with Gasteiger partial charge in [-0.25, -0.2) is 9.97 Å². The summed E-state index contributed by atoms with van der Waals surface area (Å²) in [7, 11) is 2.17. The fourth-order valence-corrected chi connectivity index (χ4v) is 5.16. The third-order valence-corrected chi connectivity index (χ3v) is 7.04. The van der Waals surface area contributed by atoms with Crippen molar-refractivity contribution in [1.82, 2.24) is 24.6 Å². The molecular weight excluding hydrogens is 434 g/mol. The van der Waals surface area contributed by atoms with Crippen LogP contribution in [0.4, 0.5) is 0 Å². The third-order valence-electron chi connectivity index (χ3n) is 5.96. The molecular formula is C25H29N5O2S. The molecule has 172 valence electrons. The first-order valence-corrected chi connectivity index (χ1v) is 12.3. The normalized spacial score (nSPS) is 16.3. The Bertz CT molecular complexity index is 1120. The van der Waals surface area contributed by atoms with E-state index in [0.717, 1.165) is 60.7 Å². The number of aryl methyl sites for hydroxylation is 1. The van der Waals surface area contributed by atoms with Crippen LogP contribution >= 0.6 is 11.3 Å². The van der Waals surface area contributed by atoms with E-state index in [2.05, 4.69) is 52.4 Å². The molecule has 7 nitrogen and oxygen atoms in total. The first-order valence-electron chi connectivity index (χ1n) is 11.5. The van der Waals surface area contributed by atoms with Gasteiger partial charge in [0.1, 0.15) is 29.5 Å². The maximum Gasteiger partial charge on any atom is 0.137 e. The number of fused-ring (bicyclic) bond motifs is 1. The minimum Gasteiger partial charge on any atom is -0.494 e. The van der Waals surface area contributed by atoms with Crippen LogP contribution in [-0.4, -0.2) is 57.5 Å². The van der Waals surface area contributed by atoms with E-state index in [1.54, 1.807) is 24.0 Å². The van der Waals surface area contributed by atoms with Gasteiger partial charge >= 0.3 is 0 Å². The molecule has 0 saturated carbocycles. The molecule has 0 N–H and O–H groups in total. The Hall–Kier alpha value is -2.81. The molecule has 33 heavy (non-hydrogen) atoms. The molecule has 1 fully saturated rings. The fourth-order valence-electron chi connectivity index (χ4n) is 4.13. The second kappa shape index (κ2) is 10.4. The number of thiazole rings is 1. The molecule has 1 atom stereocenters. The van der Waals surface area contributed by atoms with E-state index in [9.17, 15) is 0 Å². The quantitative estimate of drug-likeness (QED) is 0.339.